The van der Waals surface area contributed by atoms with Crippen molar-refractivity contribution in [3.05, 3.63) is 17.2 Å². The van der Waals surface area contributed by atoms with Crippen molar-refractivity contribution in [1.82, 2.24) is 20.2 Å². The molecule has 1 aromatic carbocycles. The fraction of sp³-hybridized carbons (Fsp3) is 0.462. The number of benzene rings is 1. The maximum absolute atomic E-state index is 6.21. The number of hydrogen-bond acceptors (Lipinski definition) is 6. The predicted octanol–water partition coefficient (Wildman–Crippen LogP) is 1.75. The van der Waals surface area contributed by atoms with Gasteiger partial charge in [0.05, 0.1) is 19.2 Å². The van der Waals surface area contributed by atoms with E-state index in [1.807, 2.05) is 0 Å². The summed E-state index contributed by atoms with van der Waals surface area (Å²) in [6.07, 6.45) is 1.83. The highest BCUT2D eigenvalue weighted by molar-refractivity contribution is 6.32. The summed E-state index contributed by atoms with van der Waals surface area (Å²) in [6.45, 7) is 1.35. The number of halogens is 1. The second-order valence-electron chi connectivity index (χ2n) is 4.41. The molecule has 8 heteroatoms. The molecule has 0 radical (unpaired) electrons. The topological polar surface area (TPSA) is 88.1 Å². The Morgan fingerprint density at radius 1 is 1.24 bits per heavy atom. The fourth-order valence-corrected chi connectivity index (χ4v) is 2.30. The van der Waals surface area contributed by atoms with Crippen LogP contribution in [0, 0.1) is 0 Å². The van der Waals surface area contributed by atoms with E-state index in [1.54, 1.807) is 31.0 Å². The lowest BCUT2D eigenvalue weighted by molar-refractivity contribution is 0.355. The summed E-state index contributed by atoms with van der Waals surface area (Å²) < 4.78 is 12.2. The number of aryl methyl sites for hydroxylation is 1. The van der Waals surface area contributed by atoms with Crippen molar-refractivity contribution >= 4 is 11.6 Å². The maximum Gasteiger partial charge on any atom is 0.182 e. The summed E-state index contributed by atoms with van der Waals surface area (Å²) in [7, 11) is 3.10. The van der Waals surface area contributed by atoms with Crippen LogP contribution >= 0.6 is 11.6 Å². The molecule has 0 saturated carbocycles. The molecule has 114 valence electrons. The first-order valence-electron chi connectivity index (χ1n) is 6.59. The van der Waals surface area contributed by atoms with E-state index in [1.165, 1.54) is 0 Å². The van der Waals surface area contributed by atoms with Crippen LogP contribution < -0.4 is 15.2 Å². The van der Waals surface area contributed by atoms with Crippen LogP contribution in [0.2, 0.25) is 5.02 Å². The zero-order chi connectivity index (χ0) is 15.2. The van der Waals surface area contributed by atoms with Gasteiger partial charge >= 0.3 is 0 Å². The number of nitrogens with two attached hydrogens (primary N) is 1. The Kier molecular flexibility index (Phi) is 5.35. The molecule has 0 spiro atoms. The SMILES string of the molecule is COc1cc(-c2nnnn2CCCCN)cc(Cl)c1OC. The lowest BCUT2D eigenvalue weighted by Crippen LogP contribution is -2.06. The summed E-state index contributed by atoms with van der Waals surface area (Å²) in [6, 6.07) is 3.56. The molecule has 0 aliphatic rings. The fourth-order valence-electron chi connectivity index (χ4n) is 2.01. The van der Waals surface area contributed by atoms with Crippen LogP contribution in [0.25, 0.3) is 11.4 Å². The summed E-state index contributed by atoms with van der Waals surface area (Å²) >= 11 is 6.21. The third-order valence-corrected chi connectivity index (χ3v) is 3.33. The molecule has 0 saturated heterocycles. The highest BCUT2D eigenvalue weighted by Gasteiger charge is 2.16. The number of unbranched alkanes of at least 4 members (excludes halogenated alkanes) is 1. The van der Waals surface area contributed by atoms with Gasteiger partial charge in [0.25, 0.3) is 0 Å². The smallest absolute Gasteiger partial charge is 0.182 e. The van der Waals surface area contributed by atoms with Crippen LogP contribution in [0.15, 0.2) is 12.1 Å². The lowest BCUT2D eigenvalue weighted by Gasteiger charge is -2.11. The van der Waals surface area contributed by atoms with Crippen LogP contribution in [0.5, 0.6) is 11.5 Å². The Morgan fingerprint density at radius 3 is 2.71 bits per heavy atom. The van der Waals surface area contributed by atoms with E-state index >= 15 is 0 Å². The number of rotatable bonds is 7. The molecule has 7 nitrogen and oxygen atoms in total. The van der Waals surface area contributed by atoms with Crippen molar-refractivity contribution in [1.29, 1.82) is 0 Å². The molecule has 21 heavy (non-hydrogen) atoms. The van der Waals surface area contributed by atoms with Gasteiger partial charge in [0, 0.05) is 12.1 Å². The number of tetrazole rings is 1. The quantitative estimate of drug-likeness (QED) is 0.784. The van der Waals surface area contributed by atoms with Gasteiger partial charge in [-0.2, -0.15) is 0 Å². The third-order valence-electron chi connectivity index (χ3n) is 3.05. The van der Waals surface area contributed by atoms with Gasteiger partial charge in [0.15, 0.2) is 17.3 Å². The largest absolute Gasteiger partial charge is 0.493 e. The molecule has 2 rings (SSSR count). The Bertz CT molecular complexity index is 602. The van der Waals surface area contributed by atoms with E-state index in [-0.39, 0.29) is 0 Å². The molecule has 0 atom stereocenters. The molecule has 0 aliphatic heterocycles. The first kappa shape index (κ1) is 15.5. The minimum absolute atomic E-state index is 0.448. The average Bonchev–Trinajstić information content (AvgIpc) is 2.95. The van der Waals surface area contributed by atoms with E-state index in [9.17, 15) is 0 Å². The molecule has 0 aliphatic carbocycles. The number of methoxy groups -OCH3 is 2. The van der Waals surface area contributed by atoms with Crippen LogP contribution in [0.4, 0.5) is 0 Å². The second-order valence-corrected chi connectivity index (χ2v) is 4.82. The number of hydrogen-bond donors (Lipinski definition) is 1. The highest BCUT2D eigenvalue weighted by atomic mass is 35.5. The molecule has 0 unspecified atom stereocenters. The molecular formula is C13H18ClN5O2. The normalized spacial score (nSPS) is 10.7. The second kappa shape index (κ2) is 7.24. The van der Waals surface area contributed by atoms with Gasteiger partial charge in [-0.3, -0.25) is 0 Å². The van der Waals surface area contributed by atoms with Crippen molar-refractivity contribution < 1.29 is 9.47 Å². The maximum atomic E-state index is 6.21. The van der Waals surface area contributed by atoms with Crippen molar-refractivity contribution in [3.8, 4) is 22.9 Å². The van der Waals surface area contributed by atoms with Gasteiger partial charge in [-0.05, 0) is 41.9 Å². The Morgan fingerprint density at radius 2 is 2.05 bits per heavy atom. The number of aromatic nitrogens is 4. The van der Waals surface area contributed by atoms with Crippen LogP contribution in [0.1, 0.15) is 12.8 Å². The molecule has 2 aromatic rings. The van der Waals surface area contributed by atoms with Crippen molar-refractivity contribution in [2.45, 2.75) is 19.4 Å². The zero-order valence-corrected chi connectivity index (χ0v) is 12.8. The first-order chi connectivity index (χ1) is 10.2. The standard InChI is InChI=1S/C13H18ClN5O2/c1-20-11-8-9(7-10(14)12(11)21-2)13-16-17-18-19(13)6-4-3-5-15/h7-8H,3-6,15H2,1-2H3. The van der Waals surface area contributed by atoms with E-state index < -0.39 is 0 Å². The van der Waals surface area contributed by atoms with Crippen LogP contribution in [-0.2, 0) is 6.54 Å². The van der Waals surface area contributed by atoms with Crippen molar-refractivity contribution in [2.75, 3.05) is 20.8 Å². The highest BCUT2D eigenvalue weighted by Crippen LogP contribution is 2.38. The predicted molar refractivity (Wildman–Crippen MR) is 79.7 cm³/mol. The average molecular weight is 312 g/mol. The lowest BCUT2D eigenvalue weighted by atomic mass is 10.2. The molecule has 1 aromatic heterocycles. The van der Waals surface area contributed by atoms with Crippen molar-refractivity contribution in [3.63, 3.8) is 0 Å². The summed E-state index contributed by atoms with van der Waals surface area (Å²) in [4.78, 5) is 0. The third kappa shape index (κ3) is 3.43. The van der Waals surface area contributed by atoms with E-state index in [2.05, 4.69) is 15.5 Å². The molecule has 1 heterocycles. The minimum atomic E-state index is 0.448. The summed E-state index contributed by atoms with van der Waals surface area (Å²) in [5.41, 5.74) is 6.27. The Hall–Kier alpha value is -1.86. The zero-order valence-electron chi connectivity index (χ0n) is 12.0. The van der Waals surface area contributed by atoms with E-state index in [4.69, 9.17) is 26.8 Å². The van der Waals surface area contributed by atoms with Gasteiger partial charge in [-0.15, -0.1) is 5.10 Å². The molecular weight excluding hydrogens is 294 g/mol. The van der Waals surface area contributed by atoms with Gasteiger partial charge in [-0.25, -0.2) is 4.68 Å². The van der Waals surface area contributed by atoms with E-state index in [0.29, 0.717) is 35.4 Å². The van der Waals surface area contributed by atoms with Crippen LogP contribution in [0.3, 0.4) is 0 Å². The Balaban J connectivity index is 2.34. The number of nitrogens with zero attached hydrogens (tertiary/aromatic N) is 4. The summed E-state index contributed by atoms with van der Waals surface area (Å²) in [5, 5.41) is 12.2. The molecule has 0 fully saturated rings. The molecule has 0 bridgehead atoms. The van der Waals surface area contributed by atoms with Crippen molar-refractivity contribution in [2.24, 2.45) is 5.73 Å². The van der Waals surface area contributed by atoms with Gasteiger partial charge in [0.2, 0.25) is 0 Å². The number of ether oxygens (including phenoxy) is 2. The van der Waals surface area contributed by atoms with E-state index in [0.717, 1.165) is 18.4 Å². The summed E-state index contributed by atoms with van der Waals surface area (Å²) in [5.74, 6) is 1.66. The first-order valence-corrected chi connectivity index (χ1v) is 6.97. The Labute approximate surface area is 128 Å². The van der Waals surface area contributed by atoms with Gasteiger partial charge < -0.3 is 15.2 Å². The van der Waals surface area contributed by atoms with Gasteiger partial charge in [0.1, 0.15) is 0 Å². The van der Waals surface area contributed by atoms with Gasteiger partial charge in [-0.1, -0.05) is 11.6 Å². The minimum Gasteiger partial charge on any atom is -0.493 e. The van der Waals surface area contributed by atoms with Crippen LogP contribution in [-0.4, -0.2) is 41.0 Å². The molecule has 2 N–H and O–H groups in total. The molecule has 0 amide bonds. The monoisotopic (exact) mass is 311 g/mol.